The molecule has 3 heteroatoms. The predicted octanol–water partition coefficient (Wildman–Crippen LogP) is 2.67. The van der Waals surface area contributed by atoms with Gasteiger partial charge in [-0.1, -0.05) is 41.8 Å². The highest BCUT2D eigenvalue weighted by molar-refractivity contribution is 9.09. The number of carbonyl (C=O) groups excluding carboxylic acids is 1. The maximum atomic E-state index is 10.7. The van der Waals surface area contributed by atoms with Gasteiger partial charge in [-0.15, -0.1) is 0 Å². The summed E-state index contributed by atoms with van der Waals surface area (Å²) < 4.78 is 4.46. The van der Waals surface area contributed by atoms with Gasteiger partial charge in [-0.2, -0.15) is 0 Å². The second-order valence-corrected chi connectivity index (χ2v) is 3.72. The molecule has 0 aliphatic rings. The molecule has 0 aliphatic heterocycles. The SMILES string of the molecule is CCCCC(Br)/C=C/C(=O)OC. The number of ether oxygens (including phenoxy) is 1. The normalized spacial score (nSPS) is 13.2. The molecule has 70 valence electrons. The Morgan fingerprint density at radius 1 is 1.67 bits per heavy atom. The van der Waals surface area contributed by atoms with Gasteiger partial charge < -0.3 is 4.74 Å². The third kappa shape index (κ3) is 6.40. The van der Waals surface area contributed by atoms with E-state index < -0.39 is 0 Å². The largest absolute Gasteiger partial charge is 0.466 e. The van der Waals surface area contributed by atoms with Crippen molar-refractivity contribution in [3.63, 3.8) is 0 Å². The molecule has 0 heterocycles. The van der Waals surface area contributed by atoms with Gasteiger partial charge in [0.15, 0.2) is 0 Å². The van der Waals surface area contributed by atoms with Gasteiger partial charge in [0, 0.05) is 10.9 Å². The third-order valence-corrected chi connectivity index (χ3v) is 2.24. The lowest BCUT2D eigenvalue weighted by Crippen LogP contribution is -1.97. The number of allylic oxidation sites excluding steroid dienone is 1. The molecule has 0 saturated carbocycles. The monoisotopic (exact) mass is 234 g/mol. The zero-order valence-electron chi connectivity index (χ0n) is 7.55. The Morgan fingerprint density at radius 3 is 2.83 bits per heavy atom. The number of unbranched alkanes of at least 4 members (excludes halogenated alkanes) is 1. The Kier molecular flexibility index (Phi) is 7.16. The Hall–Kier alpha value is -0.310. The maximum absolute atomic E-state index is 10.7. The summed E-state index contributed by atoms with van der Waals surface area (Å²) in [7, 11) is 1.38. The molecule has 1 atom stereocenters. The lowest BCUT2D eigenvalue weighted by atomic mass is 10.2. The van der Waals surface area contributed by atoms with Crippen LogP contribution in [0, 0.1) is 0 Å². The molecule has 2 nitrogen and oxygen atoms in total. The molecule has 0 radical (unpaired) electrons. The maximum Gasteiger partial charge on any atom is 0.330 e. The van der Waals surface area contributed by atoms with Crippen molar-refractivity contribution in [2.24, 2.45) is 0 Å². The number of hydrogen-bond donors (Lipinski definition) is 0. The summed E-state index contributed by atoms with van der Waals surface area (Å²) in [5, 5.41) is 0. The quantitative estimate of drug-likeness (QED) is 0.416. The Balaban J connectivity index is 3.59. The number of carbonyl (C=O) groups is 1. The van der Waals surface area contributed by atoms with Crippen molar-refractivity contribution in [2.45, 2.75) is 31.0 Å². The number of hydrogen-bond acceptors (Lipinski definition) is 2. The van der Waals surface area contributed by atoms with E-state index in [1.807, 2.05) is 6.08 Å². The summed E-state index contributed by atoms with van der Waals surface area (Å²) >= 11 is 3.44. The minimum atomic E-state index is -0.295. The zero-order chi connectivity index (χ0) is 9.40. The van der Waals surface area contributed by atoms with Gasteiger partial charge >= 0.3 is 5.97 Å². The fourth-order valence-electron chi connectivity index (χ4n) is 0.746. The van der Waals surface area contributed by atoms with Crippen LogP contribution in [0.25, 0.3) is 0 Å². The number of esters is 1. The second-order valence-electron chi connectivity index (χ2n) is 2.54. The van der Waals surface area contributed by atoms with Crippen LogP contribution in [-0.4, -0.2) is 17.9 Å². The zero-order valence-corrected chi connectivity index (χ0v) is 9.13. The van der Waals surface area contributed by atoms with E-state index in [-0.39, 0.29) is 10.8 Å². The van der Waals surface area contributed by atoms with Crippen molar-refractivity contribution in [2.75, 3.05) is 7.11 Å². The van der Waals surface area contributed by atoms with E-state index in [1.54, 1.807) is 0 Å². The standard InChI is InChI=1S/C9H15BrO2/c1-3-4-5-8(10)6-7-9(11)12-2/h6-8H,3-5H2,1-2H3/b7-6+. The first kappa shape index (κ1) is 11.7. The van der Waals surface area contributed by atoms with Gasteiger partial charge in [0.2, 0.25) is 0 Å². The third-order valence-electron chi connectivity index (χ3n) is 1.48. The number of halogens is 1. The minimum Gasteiger partial charge on any atom is -0.466 e. The lowest BCUT2D eigenvalue weighted by molar-refractivity contribution is -0.134. The first-order chi connectivity index (χ1) is 5.70. The Morgan fingerprint density at radius 2 is 2.33 bits per heavy atom. The molecule has 0 aromatic rings. The highest BCUT2D eigenvalue weighted by atomic mass is 79.9. The lowest BCUT2D eigenvalue weighted by Gasteiger charge is -2.01. The highest BCUT2D eigenvalue weighted by Gasteiger charge is 1.99. The first-order valence-corrected chi connectivity index (χ1v) is 5.02. The van der Waals surface area contributed by atoms with Crippen LogP contribution in [0.1, 0.15) is 26.2 Å². The van der Waals surface area contributed by atoms with E-state index in [0.717, 1.165) is 6.42 Å². The minimum absolute atomic E-state index is 0.288. The molecular weight excluding hydrogens is 220 g/mol. The summed E-state index contributed by atoms with van der Waals surface area (Å²) in [6.45, 7) is 2.14. The molecule has 1 unspecified atom stereocenters. The van der Waals surface area contributed by atoms with E-state index in [1.165, 1.54) is 26.0 Å². The number of methoxy groups -OCH3 is 1. The molecule has 0 aliphatic carbocycles. The molecule has 0 N–H and O–H groups in total. The number of rotatable bonds is 5. The molecule has 12 heavy (non-hydrogen) atoms. The molecule has 0 spiro atoms. The second kappa shape index (κ2) is 7.35. The molecule has 0 amide bonds. The van der Waals surface area contributed by atoms with Gasteiger partial charge in [-0.05, 0) is 6.42 Å². The van der Waals surface area contributed by atoms with E-state index in [0.29, 0.717) is 0 Å². The van der Waals surface area contributed by atoms with Crippen LogP contribution in [0.4, 0.5) is 0 Å². The topological polar surface area (TPSA) is 26.3 Å². The van der Waals surface area contributed by atoms with Gasteiger partial charge in [0.1, 0.15) is 0 Å². The Bertz CT molecular complexity index is 155. The average Bonchev–Trinajstić information content (AvgIpc) is 2.10. The van der Waals surface area contributed by atoms with Crippen LogP contribution in [0.5, 0.6) is 0 Å². The molecule has 0 bridgehead atoms. The number of alkyl halides is 1. The molecule has 0 aromatic carbocycles. The van der Waals surface area contributed by atoms with Crippen molar-refractivity contribution in [1.29, 1.82) is 0 Å². The predicted molar refractivity (Wildman–Crippen MR) is 53.4 cm³/mol. The molecule has 0 aromatic heterocycles. The Labute approximate surface area is 82.1 Å². The molecule has 0 saturated heterocycles. The highest BCUT2D eigenvalue weighted by Crippen LogP contribution is 2.10. The van der Waals surface area contributed by atoms with Crippen LogP contribution < -0.4 is 0 Å². The van der Waals surface area contributed by atoms with Crippen molar-refractivity contribution < 1.29 is 9.53 Å². The summed E-state index contributed by atoms with van der Waals surface area (Å²) in [5.41, 5.74) is 0. The molecule has 0 fully saturated rings. The van der Waals surface area contributed by atoms with E-state index in [4.69, 9.17) is 0 Å². The fourth-order valence-corrected chi connectivity index (χ4v) is 1.22. The van der Waals surface area contributed by atoms with Crippen molar-refractivity contribution >= 4 is 21.9 Å². The summed E-state index contributed by atoms with van der Waals surface area (Å²) in [4.78, 5) is 10.9. The molecular formula is C9H15BrO2. The van der Waals surface area contributed by atoms with E-state index in [2.05, 4.69) is 27.6 Å². The van der Waals surface area contributed by atoms with Crippen LogP contribution >= 0.6 is 15.9 Å². The van der Waals surface area contributed by atoms with Gasteiger partial charge in [-0.3, -0.25) is 0 Å². The van der Waals surface area contributed by atoms with Crippen molar-refractivity contribution in [3.8, 4) is 0 Å². The van der Waals surface area contributed by atoms with Gasteiger partial charge in [0.05, 0.1) is 7.11 Å². The summed E-state index contributed by atoms with van der Waals surface area (Å²) in [6, 6.07) is 0. The van der Waals surface area contributed by atoms with Gasteiger partial charge in [-0.25, -0.2) is 4.79 Å². The van der Waals surface area contributed by atoms with Crippen molar-refractivity contribution in [1.82, 2.24) is 0 Å². The average molecular weight is 235 g/mol. The van der Waals surface area contributed by atoms with Crippen LogP contribution in [0.15, 0.2) is 12.2 Å². The summed E-state index contributed by atoms with van der Waals surface area (Å²) in [5.74, 6) is -0.295. The van der Waals surface area contributed by atoms with Crippen molar-refractivity contribution in [3.05, 3.63) is 12.2 Å². The van der Waals surface area contributed by atoms with E-state index in [9.17, 15) is 4.79 Å². The fraction of sp³-hybridized carbons (Fsp3) is 0.667. The smallest absolute Gasteiger partial charge is 0.330 e. The molecule has 0 rings (SSSR count). The first-order valence-electron chi connectivity index (χ1n) is 4.11. The van der Waals surface area contributed by atoms with Crippen LogP contribution in [0.3, 0.4) is 0 Å². The van der Waals surface area contributed by atoms with Crippen LogP contribution in [0.2, 0.25) is 0 Å². The van der Waals surface area contributed by atoms with Gasteiger partial charge in [0.25, 0.3) is 0 Å². The summed E-state index contributed by atoms with van der Waals surface area (Å²) in [6.07, 6.45) is 6.68. The van der Waals surface area contributed by atoms with Crippen LogP contribution in [-0.2, 0) is 9.53 Å². The van der Waals surface area contributed by atoms with E-state index >= 15 is 0 Å².